The van der Waals surface area contributed by atoms with E-state index in [9.17, 15) is 4.79 Å². The van der Waals surface area contributed by atoms with Crippen LogP contribution in [0, 0.1) is 5.41 Å². The molecular formula is C12H18O. The lowest BCUT2D eigenvalue weighted by Crippen LogP contribution is -2.24. The molecule has 0 aromatic carbocycles. The van der Waals surface area contributed by atoms with E-state index in [-0.39, 0.29) is 0 Å². The first-order valence-corrected chi connectivity index (χ1v) is 5.45. The first-order valence-electron chi connectivity index (χ1n) is 5.45. The van der Waals surface area contributed by atoms with E-state index >= 15 is 0 Å². The molecule has 0 aromatic rings. The molecule has 0 bridgehead atoms. The van der Waals surface area contributed by atoms with E-state index in [1.807, 2.05) is 6.08 Å². The summed E-state index contributed by atoms with van der Waals surface area (Å²) in [6.07, 6.45) is 10.3. The number of ketones is 1. The van der Waals surface area contributed by atoms with Crippen LogP contribution in [0.2, 0.25) is 0 Å². The lowest BCUT2D eigenvalue weighted by molar-refractivity contribution is -0.115. The van der Waals surface area contributed by atoms with Gasteiger partial charge in [-0.05, 0) is 37.2 Å². The van der Waals surface area contributed by atoms with Crippen molar-refractivity contribution in [2.24, 2.45) is 5.41 Å². The van der Waals surface area contributed by atoms with Gasteiger partial charge in [-0.1, -0.05) is 25.3 Å². The van der Waals surface area contributed by atoms with Gasteiger partial charge in [-0.25, -0.2) is 0 Å². The van der Waals surface area contributed by atoms with Crippen molar-refractivity contribution in [2.45, 2.75) is 51.9 Å². The second-order valence-corrected chi connectivity index (χ2v) is 4.76. The molecule has 0 unspecified atom stereocenters. The molecule has 2 rings (SSSR count). The molecule has 1 heteroatoms. The van der Waals surface area contributed by atoms with Crippen LogP contribution in [0.3, 0.4) is 0 Å². The molecule has 0 aliphatic heterocycles. The van der Waals surface area contributed by atoms with Gasteiger partial charge in [0.15, 0.2) is 5.78 Å². The Hall–Kier alpha value is -0.590. The van der Waals surface area contributed by atoms with Crippen LogP contribution in [-0.2, 0) is 4.79 Å². The topological polar surface area (TPSA) is 17.1 Å². The second kappa shape index (κ2) is 3.28. The van der Waals surface area contributed by atoms with Crippen LogP contribution in [0.15, 0.2) is 11.6 Å². The van der Waals surface area contributed by atoms with E-state index < -0.39 is 0 Å². The summed E-state index contributed by atoms with van der Waals surface area (Å²) in [5.74, 6) is 0.356. The number of fused-ring (bicyclic) bond motifs is 1. The Morgan fingerprint density at radius 2 is 2.00 bits per heavy atom. The summed E-state index contributed by atoms with van der Waals surface area (Å²) >= 11 is 0. The SMILES string of the molecule is C[C@@]12CCCCCC1=CC(=O)CC2. The minimum atomic E-state index is 0.356. The standard InChI is InChI=1S/C12H18O/c1-12-7-4-2-3-5-10(12)9-11(13)6-8-12/h9H,2-8H2,1H3/t12-/m0/s1. The molecule has 13 heavy (non-hydrogen) atoms. The summed E-state index contributed by atoms with van der Waals surface area (Å²) in [7, 11) is 0. The fraction of sp³-hybridized carbons (Fsp3) is 0.750. The molecule has 0 aromatic heterocycles. The molecule has 0 spiro atoms. The maximum atomic E-state index is 11.3. The van der Waals surface area contributed by atoms with Gasteiger partial charge in [-0.3, -0.25) is 4.79 Å². The Balaban J connectivity index is 2.27. The molecule has 0 radical (unpaired) electrons. The molecular weight excluding hydrogens is 160 g/mol. The van der Waals surface area contributed by atoms with E-state index in [4.69, 9.17) is 0 Å². The van der Waals surface area contributed by atoms with Gasteiger partial charge in [0, 0.05) is 6.42 Å². The number of hydrogen-bond acceptors (Lipinski definition) is 1. The molecule has 72 valence electrons. The van der Waals surface area contributed by atoms with Gasteiger partial charge in [0.1, 0.15) is 0 Å². The molecule has 2 aliphatic rings. The number of carbonyl (C=O) groups excluding carboxylic acids is 1. The third kappa shape index (κ3) is 1.70. The fourth-order valence-electron chi connectivity index (χ4n) is 2.67. The minimum absolute atomic E-state index is 0.356. The van der Waals surface area contributed by atoms with Crippen molar-refractivity contribution in [2.75, 3.05) is 0 Å². The van der Waals surface area contributed by atoms with Crippen molar-refractivity contribution in [1.82, 2.24) is 0 Å². The molecule has 1 atom stereocenters. The molecule has 0 saturated heterocycles. The van der Waals surface area contributed by atoms with Gasteiger partial charge in [-0.15, -0.1) is 0 Å². The zero-order chi connectivity index (χ0) is 9.31. The van der Waals surface area contributed by atoms with Gasteiger partial charge in [0.2, 0.25) is 0 Å². The molecule has 1 saturated carbocycles. The van der Waals surface area contributed by atoms with Gasteiger partial charge in [0.25, 0.3) is 0 Å². The van der Waals surface area contributed by atoms with Gasteiger partial charge in [-0.2, -0.15) is 0 Å². The van der Waals surface area contributed by atoms with Gasteiger partial charge in [0.05, 0.1) is 0 Å². The Bertz CT molecular complexity index is 252. The van der Waals surface area contributed by atoms with Crippen molar-refractivity contribution >= 4 is 5.78 Å². The van der Waals surface area contributed by atoms with Gasteiger partial charge >= 0.3 is 0 Å². The first-order chi connectivity index (χ1) is 6.21. The summed E-state index contributed by atoms with van der Waals surface area (Å²) in [5.41, 5.74) is 1.82. The van der Waals surface area contributed by atoms with Crippen LogP contribution in [0.1, 0.15) is 51.9 Å². The highest BCUT2D eigenvalue weighted by Gasteiger charge is 2.33. The molecule has 0 amide bonds. The third-order valence-electron chi connectivity index (χ3n) is 3.71. The van der Waals surface area contributed by atoms with Crippen LogP contribution >= 0.6 is 0 Å². The smallest absolute Gasteiger partial charge is 0.155 e. The third-order valence-corrected chi connectivity index (χ3v) is 3.71. The largest absolute Gasteiger partial charge is 0.295 e. The Labute approximate surface area is 80.2 Å². The lowest BCUT2D eigenvalue weighted by Gasteiger charge is -2.33. The van der Waals surface area contributed by atoms with Crippen molar-refractivity contribution in [3.8, 4) is 0 Å². The maximum absolute atomic E-state index is 11.3. The van der Waals surface area contributed by atoms with E-state index in [0.29, 0.717) is 11.2 Å². The molecule has 2 aliphatic carbocycles. The highest BCUT2D eigenvalue weighted by molar-refractivity contribution is 5.91. The van der Waals surface area contributed by atoms with Crippen LogP contribution in [0.5, 0.6) is 0 Å². The second-order valence-electron chi connectivity index (χ2n) is 4.76. The van der Waals surface area contributed by atoms with Crippen LogP contribution in [0.4, 0.5) is 0 Å². The Kier molecular flexibility index (Phi) is 2.27. The monoisotopic (exact) mass is 178 g/mol. The molecule has 1 fully saturated rings. The predicted octanol–water partition coefficient (Wildman–Crippen LogP) is 3.25. The summed E-state index contributed by atoms with van der Waals surface area (Å²) < 4.78 is 0. The fourth-order valence-corrected chi connectivity index (χ4v) is 2.67. The van der Waals surface area contributed by atoms with E-state index in [2.05, 4.69) is 6.92 Å². The maximum Gasteiger partial charge on any atom is 0.155 e. The number of hydrogen-bond donors (Lipinski definition) is 0. The highest BCUT2D eigenvalue weighted by Crippen LogP contribution is 2.44. The van der Waals surface area contributed by atoms with Crippen LogP contribution in [0.25, 0.3) is 0 Å². The summed E-state index contributed by atoms with van der Waals surface area (Å²) in [4.78, 5) is 11.3. The normalized spacial score (nSPS) is 34.8. The average Bonchev–Trinajstić information content (AvgIpc) is 2.28. The summed E-state index contributed by atoms with van der Waals surface area (Å²) in [6.45, 7) is 2.34. The highest BCUT2D eigenvalue weighted by atomic mass is 16.1. The lowest BCUT2D eigenvalue weighted by atomic mass is 9.71. The molecule has 0 N–H and O–H groups in total. The minimum Gasteiger partial charge on any atom is -0.295 e. The van der Waals surface area contributed by atoms with Crippen LogP contribution < -0.4 is 0 Å². The predicted molar refractivity (Wildman–Crippen MR) is 53.5 cm³/mol. The summed E-state index contributed by atoms with van der Waals surface area (Å²) in [6, 6.07) is 0. The van der Waals surface area contributed by atoms with E-state index in [1.165, 1.54) is 37.7 Å². The van der Waals surface area contributed by atoms with Crippen molar-refractivity contribution < 1.29 is 4.79 Å². The quantitative estimate of drug-likeness (QED) is 0.556. The average molecular weight is 178 g/mol. The summed E-state index contributed by atoms with van der Waals surface area (Å²) in [5, 5.41) is 0. The number of allylic oxidation sites excluding steroid dienone is 2. The first kappa shape index (κ1) is 8.98. The van der Waals surface area contributed by atoms with Crippen molar-refractivity contribution in [3.63, 3.8) is 0 Å². The van der Waals surface area contributed by atoms with Crippen LogP contribution in [-0.4, -0.2) is 5.78 Å². The Morgan fingerprint density at radius 1 is 1.15 bits per heavy atom. The van der Waals surface area contributed by atoms with Crippen molar-refractivity contribution in [1.29, 1.82) is 0 Å². The number of rotatable bonds is 0. The number of carbonyl (C=O) groups is 1. The Morgan fingerprint density at radius 3 is 2.85 bits per heavy atom. The molecule has 1 nitrogen and oxygen atoms in total. The zero-order valence-corrected chi connectivity index (χ0v) is 8.44. The van der Waals surface area contributed by atoms with E-state index in [1.54, 1.807) is 0 Å². The molecule has 0 heterocycles. The zero-order valence-electron chi connectivity index (χ0n) is 8.44. The van der Waals surface area contributed by atoms with Crippen molar-refractivity contribution in [3.05, 3.63) is 11.6 Å². The van der Waals surface area contributed by atoms with Gasteiger partial charge < -0.3 is 0 Å². The van der Waals surface area contributed by atoms with E-state index in [0.717, 1.165) is 12.8 Å².